The summed E-state index contributed by atoms with van der Waals surface area (Å²) in [5.74, 6) is 0.855. The molecule has 3 nitrogen and oxygen atoms in total. The van der Waals surface area contributed by atoms with E-state index in [2.05, 4.69) is 11.0 Å². The molecular formula is C15H19N3. The van der Waals surface area contributed by atoms with E-state index in [0.717, 1.165) is 23.8 Å². The van der Waals surface area contributed by atoms with Crippen LogP contribution in [0.25, 0.3) is 0 Å². The van der Waals surface area contributed by atoms with Gasteiger partial charge >= 0.3 is 0 Å². The fourth-order valence-corrected chi connectivity index (χ4v) is 3.59. The maximum atomic E-state index is 8.89. The van der Waals surface area contributed by atoms with E-state index in [0.29, 0.717) is 11.6 Å². The highest BCUT2D eigenvalue weighted by Crippen LogP contribution is 2.40. The molecule has 18 heavy (non-hydrogen) atoms. The molecule has 0 radical (unpaired) electrons. The largest absolute Gasteiger partial charge is 0.397 e. The number of hydrogen-bond donors (Lipinski definition) is 1. The van der Waals surface area contributed by atoms with E-state index in [1.165, 1.54) is 32.1 Å². The molecule has 2 atom stereocenters. The maximum Gasteiger partial charge on any atom is 0.0992 e. The van der Waals surface area contributed by atoms with Gasteiger partial charge in [-0.3, -0.25) is 0 Å². The number of benzene rings is 1. The first-order chi connectivity index (χ1) is 8.79. The Morgan fingerprint density at radius 2 is 2.06 bits per heavy atom. The Labute approximate surface area is 108 Å². The van der Waals surface area contributed by atoms with E-state index in [1.54, 1.807) is 6.07 Å². The van der Waals surface area contributed by atoms with Gasteiger partial charge in [-0.15, -0.1) is 0 Å². The quantitative estimate of drug-likeness (QED) is 0.769. The smallest absolute Gasteiger partial charge is 0.0992 e. The van der Waals surface area contributed by atoms with Gasteiger partial charge in [0.15, 0.2) is 0 Å². The average molecular weight is 241 g/mol. The van der Waals surface area contributed by atoms with Crippen LogP contribution in [-0.2, 0) is 0 Å². The van der Waals surface area contributed by atoms with Crippen LogP contribution >= 0.6 is 0 Å². The predicted octanol–water partition coefficient (Wildman–Crippen LogP) is 2.91. The summed E-state index contributed by atoms with van der Waals surface area (Å²) in [7, 11) is 0. The Morgan fingerprint density at radius 1 is 1.22 bits per heavy atom. The number of anilines is 2. The number of nitrogen functional groups attached to an aromatic ring is 1. The van der Waals surface area contributed by atoms with Crippen molar-refractivity contribution in [2.24, 2.45) is 5.92 Å². The molecule has 0 aromatic heterocycles. The van der Waals surface area contributed by atoms with Crippen molar-refractivity contribution in [1.82, 2.24) is 0 Å². The molecule has 1 saturated heterocycles. The molecule has 2 aliphatic rings. The summed E-state index contributed by atoms with van der Waals surface area (Å²) in [6.07, 6.45) is 6.69. The summed E-state index contributed by atoms with van der Waals surface area (Å²) in [4.78, 5) is 2.47. The van der Waals surface area contributed by atoms with E-state index in [1.807, 2.05) is 12.1 Å². The van der Waals surface area contributed by atoms with Crippen molar-refractivity contribution in [3.8, 4) is 6.07 Å². The van der Waals surface area contributed by atoms with Crippen LogP contribution in [0.2, 0.25) is 0 Å². The number of hydrogen-bond acceptors (Lipinski definition) is 3. The number of rotatable bonds is 1. The summed E-state index contributed by atoms with van der Waals surface area (Å²) in [5, 5.41) is 8.89. The van der Waals surface area contributed by atoms with Gasteiger partial charge in [0.1, 0.15) is 0 Å². The minimum atomic E-state index is 0.649. The van der Waals surface area contributed by atoms with Gasteiger partial charge in [-0.05, 0) is 43.4 Å². The molecule has 2 fully saturated rings. The Bertz CT molecular complexity index is 489. The number of nitrogens with two attached hydrogens (primary N) is 1. The number of nitrogens with zero attached hydrogens (tertiary/aromatic N) is 2. The van der Waals surface area contributed by atoms with E-state index < -0.39 is 0 Å². The van der Waals surface area contributed by atoms with Crippen molar-refractivity contribution < 1.29 is 0 Å². The van der Waals surface area contributed by atoms with Crippen LogP contribution in [0.4, 0.5) is 11.4 Å². The summed E-state index contributed by atoms with van der Waals surface area (Å²) < 4.78 is 0. The average Bonchev–Trinajstić information content (AvgIpc) is 2.82. The molecule has 1 saturated carbocycles. The highest BCUT2D eigenvalue weighted by molar-refractivity contribution is 5.70. The normalized spacial score (nSPS) is 26.7. The van der Waals surface area contributed by atoms with E-state index in [4.69, 9.17) is 11.0 Å². The third kappa shape index (κ3) is 1.82. The van der Waals surface area contributed by atoms with Crippen molar-refractivity contribution in [3.63, 3.8) is 0 Å². The molecule has 94 valence electrons. The van der Waals surface area contributed by atoms with Crippen molar-refractivity contribution in [2.45, 2.75) is 38.1 Å². The fraction of sp³-hybridized carbons (Fsp3) is 0.533. The minimum absolute atomic E-state index is 0.649. The number of fused-ring (bicyclic) bond motifs is 1. The molecule has 1 aliphatic carbocycles. The van der Waals surface area contributed by atoms with Crippen molar-refractivity contribution >= 4 is 11.4 Å². The highest BCUT2D eigenvalue weighted by Gasteiger charge is 2.36. The second-order valence-corrected chi connectivity index (χ2v) is 5.48. The molecular weight excluding hydrogens is 222 g/mol. The SMILES string of the molecule is N#Cc1ccc(N2CCC3CCCCC32)c(N)c1. The van der Waals surface area contributed by atoms with Crippen molar-refractivity contribution in [2.75, 3.05) is 17.2 Å². The van der Waals surface area contributed by atoms with E-state index in [9.17, 15) is 0 Å². The van der Waals surface area contributed by atoms with Gasteiger partial charge in [-0.1, -0.05) is 12.8 Å². The monoisotopic (exact) mass is 241 g/mol. The molecule has 1 aromatic rings. The van der Waals surface area contributed by atoms with Crippen LogP contribution in [0.5, 0.6) is 0 Å². The van der Waals surface area contributed by atoms with Gasteiger partial charge in [0.25, 0.3) is 0 Å². The number of nitriles is 1. The Kier molecular flexibility index (Phi) is 2.87. The molecule has 3 rings (SSSR count). The molecule has 1 aliphatic heterocycles. The molecule has 0 bridgehead atoms. The minimum Gasteiger partial charge on any atom is -0.397 e. The van der Waals surface area contributed by atoms with Crippen LogP contribution in [0.15, 0.2) is 18.2 Å². The first kappa shape index (κ1) is 11.4. The lowest BCUT2D eigenvalue weighted by Crippen LogP contribution is -2.35. The molecule has 0 spiro atoms. The standard InChI is InChI=1S/C15H19N3/c16-10-11-5-6-15(13(17)9-11)18-8-7-12-3-1-2-4-14(12)18/h5-6,9,12,14H,1-4,7-8,17H2. The summed E-state index contributed by atoms with van der Waals surface area (Å²) >= 11 is 0. The molecule has 2 N–H and O–H groups in total. The van der Waals surface area contributed by atoms with Crippen LogP contribution in [0.1, 0.15) is 37.7 Å². The lowest BCUT2D eigenvalue weighted by atomic mass is 9.85. The fourth-order valence-electron chi connectivity index (χ4n) is 3.59. The lowest BCUT2D eigenvalue weighted by molar-refractivity contribution is 0.342. The van der Waals surface area contributed by atoms with Gasteiger partial charge in [-0.25, -0.2) is 0 Å². The summed E-state index contributed by atoms with van der Waals surface area (Å²) in [5.41, 5.74) is 8.63. The van der Waals surface area contributed by atoms with Gasteiger partial charge in [0, 0.05) is 12.6 Å². The van der Waals surface area contributed by atoms with Gasteiger partial charge in [-0.2, -0.15) is 5.26 Å². The predicted molar refractivity (Wildman–Crippen MR) is 73.3 cm³/mol. The van der Waals surface area contributed by atoms with Crippen molar-refractivity contribution in [3.05, 3.63) is 23.8 Å². The molecule has 0 amide bonds. The van der Waals surface area contributed by atoms with Gasteiger partial charge in [0.2, 0.25) is 0 Å². The second-order valence-electron chi connectivity index (χ2n) is 5.48. The Balaban J connectivity index is 1.89. The Hall–Kier alpha value is -1.69. The lowest BCUT2D eigenvalue weighted by Gasteiger charge is -2.33. The third-order valence-corrected chi connectivity index (χ3v) is 4.48. The Morgan fingerprint density at radius 3 is 2.83 bits per heavy atom. The molecule has 1 aromatic carbocycles. The molecule has 1 heterocycles. The zero-order valence-corrected chi connectivity index (χ0v) is 10.6. The van der Waals surface area contributed by atoms with Gasteiger partial charge < -0.3 is 10.6 Å². The van der Waals surface area contributed by atoms with Crippen LogP contribution in [0.3, 0.4) is 0 Å². The zero-order chi connectivity index (χ0) is 12.5. The van der Waals surface area contributed by atoms with E-state index >= 15 is 0 Å². The summed E-state index contributed by atoms with van der Waals surface area (Å²) in [6, 6.07) is 8.51. The molecule has 3 heteroatoms. The van der Waals surface area contributed by atoms with Crippen LogP contribution in [0, 0.1) is 17.2 Å². The van der Waals surface area contributed by atoms with E-state index in [-0.39, 0.29) is 0 Å². The van der Waals surface area contributed by atoms with Crippen molar-refractivity contribution in [1.29, 1.82) is 5.26 Å². The summed E-state index contributed by atoms with van der Waals surface area (Å²) in [6.45, 7) is 1.12. The maximum absolute atomic E-state index is 8.89. The highest BCUT2D eigenvalue weighted by atomic mass is 15.2. The van der Waals surface area contributed by atoms with Gasteiger partial charge in [0.05, 0.1) is 23.0 Å². The third-order valence-electron chi connectivity index (χ3n) is 4.48. The van der Waals surface area contributed by atoms with Crippen LogP contribution < -0.4 is 10.6 Å². The topological polar surface area (TPSA) is 53.0 Å². The zero-order valence-electron chi connectivity index (χ0n) is 10.6. The first-order valence-electron chi connectivity index (χ1n) is 6.86. The molecule has 2 unspecified atom stereocenters. The van der Waals surface area contributed by atoms with Crippen LogP contribution in [-0.4, -0.2) is 12.6 Å². The second kappa shape index (κ2) is 4.53. The first-order valence-corrected chi connectivity index (χ1v) is 6.86.